The van der Waals surface area contributed by atoms with Crippen molar-refractivity contribution in [3.63, 3.8) is 0 Å². The second kappa shape index (κ2) is 4.33. The van der Waals surface area contributed by atoms with Crippen LogP contribution in [0.2, 0.25) is 0 Å². The number of rotatable bonds is 3. The molecule has 0 fully saturated rings. The minimum Gasteiger partial charge on any atom is -0.393 e. The summed E-state index contributed by atoms with van der Waals surface area (Å²) in [5, 5.41) is 8.97. The highest BCUT2D eigenvalue weighted by Crippen LogP contribution is 2.11. The molecule has 1 atom stereocenters. The van der Waals surface area contributed by atoms with E-state index < -0.39 is 17.7 Å². The van der Waals surface area contributed by atoms with Gasteiger partial charge >= 0.3 is 0 Å². The molecule has 0 amide bonds. The van der Waals surface area contributed by atoms with E-state index in [0.29, 0.717) is 18.4 Å². The predicted octanol–water partition coefficient (Wildman–Crippen LogP) is 2.28. The van der Waals surface area contributed by atoms with Gasteiger partial charge in [-0.25, -0.2) is 8.78 Å². The number of aliphatic hydroxyl groups excluding tert-OH is 1. The van der Waals surface area contributed by atoms with Gasteiger partial charge in [-0.15, -0.1) is 0 Å². The third kappa shape index (κ3) is 3.11. The van der Waals surface area contributed by atoms with Crippen LogP contribution in [0.4, 0.5) is 8.78 Å². The molecule has 0 aromatic heterocycles. The molecule has 1 aromatic rings. The Morgan fingerprint density at radius 3 is 2.54 bits per heavy atom. The Morgan fingerprint density at radius 2 is 2.00 bits per heavy atom. The summed E-state index contributed by atoms with van der Waals surface area (Å²) in [5.41, 5.74) is 0.708. The Morgan fingerprint density at radius 1 is 1.31 bits per heavy atom. The number of aryl methyl sites for hydroxylation is 1. The maximum absolute atomic E-state index is 12.7. The van der Waals surface area contributed by atoms with Crippen LogP contribution >= 0.6 is 0 Å². The topological polar surface area (TPSA) is 20.2 Å². The summed E-state index contributed by atoms with van der Waals surface area (Å²) < 4.78 is 25.1. The van der Waals surface area contributed by atoms with Gasteiger partial charge < -0.3 is 5.11 Å². The van der Waals surface area contributed by atoms with Crippen LogP contribution in [0.25, 0.3) is 0 Å². The summed E-state index contributed by atoms with van der Waals surface area (Å²) in [6.07, 6.45) is 0.716. The highest BCUT2D eigenvalue weighted by Gasteiger charge is 2.03. The van der Waals surface area contributed by atoms with Crippen LogP contribution in [-0.2, 0) is 6.42 Å². The van der Waals surface area contributed by atoms with E-state index in [-0.39, 0.29) is 0 Å². The molecule has 13 heavy (non-hydrogen) atoms. The lowest BCUT2D eigenvalue weighted by molar-refractivity contribution is 0.185. The van der Waals surface area contributed by atoms with Crippen molar-refractivity contribution >= 4 is 0 Å². The van der Waals surface area contributed by atoms with Crippen LogP contribution < -0.4 is 0 Å². The van der Waals surface area contributed by atoms with Gasteiger partial charge in [0, 0.05) is 0 Å². The number of aliphatic hydroxyl groups is 1. The van der Waals surface area contributed by atoms with E-state index in [4.69, 9.17) is 5.11 Å². The third-order valence-corrected chi connectivity index (χ3v) is 1.83. The van der Waals surface area contributed by atoms with Gasteiger partial charge in [-0.05, 0) is 37.5 Å². The summed E-state index contributed by atoms with van der Waals surface area (Å²) in [6.45, 7) is 1.67. The second-order valence-electron chi connectivity index (χ2n) is 3.14. The van der Waals surface area contributed by atoms with E-state index in [1.807, 2.05) is 0 Å². The van der Waals surface area contributed by atoms with Gasteiger partial charge in [0.15, 0.2) is 11.6 Å². The number of hydrogen-bond acceptors (Lipinski definition) is 1. The average molecular weight is 186 g/mol. The molecule has 1 N–H and O–H groups in total. The lowest BCUT2D eigenvalue weighted by Crippen LogP contribution is -2.01. The molecular weight excluding hydrogens is 174 g/mol. The van der Waals surface area contributed by atoms with Crippen LogP contribution in [0.1, 0.15) is 18.9 Å². The highest BCUT2D eigenvalue weighted by atomic mass is 19.2. The Kier molecular flexibility index (Phi) is 3.37. The molecule has 72 valence electrons. The van der Waals surface area contributed by atoms with Gasteiger partial charge in [-0.1, -0.05) is 6.07 Å². The average Bonchev–Trinajstić information content (AvgIpc) is 2.07. The van der Waals surface area contributed by atoms with Crippen LogP contribution in [0.3, 0.4) is 0 Å². The van der Waals surface area contributed by atoms with Gasteiger partial charge in [-0.3, -0.25) is 0 Å². The van der Waals surface area contributed by atoms with Crippen molar-refractivity contribution < 1.29 is 13.9 Å². The quantitative estimate of drug-likeness (QED) is 0.767. The number of halogens is 2. The molecule has 0 saturated heterocycles. The fraction of sp³-hybridized carbons (Fsp3) is 0.400. The molecule has 0 heterocycles. The van der Waals surface area contributed by atoms with Crippen molar-refractivity contribution in [2.45, 2.75) is 25.9 Å². The maximum Gasteiger partial charge on any atom is 0.159 e. The molecule has 0 spiro atoms. The van der Waals surface area contributed by atoms with Crippen molar-refractivity contribution in [3.8, 4) is 0 Å². The largest absolute Gasteiger partial charge is 0.393 e. The second-order valence-corrected chi connectivity index (χ2v) is 3.14. The van der Waals surface area contributed by atoms with E-state index in [0.717, 1.165) is 12.1 Å². The van der Waals surface area contributed by atoms with Gasteiger partial charge in [0.25, 0.3) is 0 Å². The van der Waals surface area contributed by atoms with E-state index in [1.54, 1.807) is 6.92 Å². The molecule has 0 radical (unpaired) electrons. The van der Waals surface area contributed by atoms with E-state index in [2.05, 4.69) is 0 Å². The predicted molar refractivity (Wildman–Crippen MR) is 46.4 cm³/mol. The molecule has 0 saturated carbocycles. The van der Waals surface area contributed by atoms with Gasteiger partial charge in [0.2, 0.25) is 0 Å². The summed E-state index contributed by atoms with van der Waals surface area (Å²) in [4.78, 5) is 0. The van der Waals surface area contributed by atoms with Crippen molar-refractivity contribution in [2.24, 2.45) is 0 Å². The van der Waals surface area contributed by atoms with Crippen molar-refractivity contribution in [3.05, 3.63) is 35.4 Å². The first kappa shape index (κ1) is 10.1. The fourth-order valence-electron chi connectivity index (χ4n) is 1.07. The Labute approximate surface area is 76.0 Å². The minimum absolute atomic E-state index is 0.409. The zero-order valence-corrected chi connectivity index (χ0v) is 7.43. The van der Waals surface area contributed by atoms with Gasteiger partial charge in [-0.2, -0.15) is 0 Å². The Bertz CT molecular complexity index is 284. The van der Waals surface area contributed by atoms with Crippen LogP contribution in [0.15, 0.2) is 18.2 Å². The number of benzene rings is 1. The van der Waals surface area contributed by atoms with E-state index >= 15 is 0 Å². The third-order valence-electron chi connectivity index (χ3n) is 1.83. The lowest BCUT2D eigenvalue weighted by atomic mass is 10.1. The van der Waals surface area contributed by atoms with Crippen molar-refractivity contribution in [1.29, 1.82) is 0 Å². The Balaban J connectivity index is 2.63. The molecular formula is C10H12F2O. The standard InChI is InChI=1S/C10H12F2O/c1-7(13)2-3-8-4-5-9(11)10(12)6-8/h4-7,13H,2-3H2,1H3/t7-/m1/s1. The first-order valence-corrected chi connectivity index (χ1v) is 4.21. The molecule has 0 aliphatic heterocycles. The molecule has 1 rings (SSSR count). The van der Waals surface area contributed by atoms with Gasteiger partial charge in [0.05, 0.1) is 6.10 Å². The molecule has 1 nitrogen and oxygen atoms in total. The summed E-state index contributed by atoms with van der Waals surface area (Å²) in [7, 11) is 0. The van der Waals surface area contributed by atoms with Gasteiger partial charge in [0.1, 0.15) is 0 Å². The first-order chi connectivity index (χ1) is 6.09. The smallest absolute Gasteiger partial charge is 0.159 e. The first-order valence-electron chi connectivity index (χ1n) is 4.21. The number of hydrogen-bond donors (Lipinski definition) is 1. The summed E-state index contributed by atoms with van der Waals surface area (Å²) in [6, 6.07) is 3.80. The van der Waals surface area contributed by atoms with Crippen molar-refractivity contribution in [2.75, 3.05) is 0 Å². The molecule has 0 aliphatic rings. The summed E-state index contributed by atoms with van der Waals surface area (Å²) in [5.74, 6) is -1.66. The molecule has 3 heteroatoms. The zero-order valence-electron chi connectivity index (χ0n) is 7.43. The SMILES string of the molecule is C[C@@H](O)CCc1ccc(F)c(F)c1. The molecule has 1 aromatic carbocycles. The summed E-state index contributed by atoms with van der Waals surface area (Å²) >= 11 is 0. The lowest BCUT2D eigenvalue weighted by Gasteiger charge is -2.04. The normalized spacial score (nSPS) is 12.9. The minimum atomic E-state index is -0.833. The van der Waals surface area contributed by atoms with Crippen LogP contribution in [0.5, 0.6) is 0 Å². The molecule has 0 unspecified atom stereocenters. The van der Waals surface area contributed by atoms with Crippen LogP contribution in [-0.4, -0.2) is 11.2 Å². The van der Waals surface area contributed by atoms with Crippen LogP contribution in [0, 0.1) is 11.6 Å². The zero-order chi connectivity index (χ0) is 9.84. The van der Waals surface area contributed by atoms with E-state index in [9.17, 15) is 8.78 Å². The maximum atomic E-state index is 12.7. The molecule has 0 aliphatic carbocycles. The Hall–Kier alpha value is -0.960. The molecule has 0 bridgehead atoms. The van der Waals surface area contributed by atoms with E-state index in [1.165, 1.54) is 6.07 Å². The monoisotopic (exact) mass is 186 g/mol. The van der Waals surface area contributed by atoms with Crippen molar-refractivity contribution in [1.82, 2.24) is 0 Å². The fourth-order valence-corrected chi connectivity index (χ4v) is 1.07. The highest BCUT2D eigenvalue weighted by molar-refractivity contribution is 5.17.